The minimum Gasteiger partial charge on any atom is -0.459 e. The third kappa shape index (κ3) is 6.24. The van der Waals surface area contributed by atoms with Gasteiger partial charge >= 0.3 is 0 Å². The summed E-state index contributed by atoms with van der Waals surface area (Å²) in [6.07, 6.45) is 0. The van der Waals surface area contributed by atoms with Crippen molar-refractivity contribution in [2.45, 2.75) is 18.4 Å². The molecule has 0 saturated carbocycles. The number of carbonyl (C=O) groups is 2. The van der Waals surface area contributed by atoms with Gasteiger partial charge in [0.1, 0.15) is 11.5 Å². The highest BCUT2D eigenvalue weighted by Gasteiger charge is 2.13. The van der Waals surface area contributed by atoms with E-state index in [1.165, 1.54) is 18.7 Å². The predicted octanol–water partition coefficient (Wildman–Crippen LogP) is 5.42. The summed E-state index contributed by atoms with van der Waals surface area (Å²) >= 11 is 4.88. The van der Waals surface area contributed by atoms with E-state index in [0.29, 0.717) is 12.3 Å². The van der Waals surface area contributed by atoms with Crippen molar-refractivity contribution in [3.63, 3.8) is 0 Å². The van der Waals surface area contributed by atoms with Crippen LogP contribution in [0.2, 0.25) is 0 Å². The lowest BCUT2D eigenvalue weighted by atomic mass is 10.2. The number of halogens is 1. The standard InChI is InChI=1S/C22H21BrN2O3S/c1-15(26)24-18-7-10-20(11-8-18)29-14-22(27)25(2)13-19-9-12-21(28-19)16-3-5-17(23)6-4-16/h3-12H,13-14H2,1-2H3,(H,24,26). The van der Waals surface area contributed by atoms with E-state index in [-0.39, 0.29) is 11.8 Å². The molecule has 7 heteroatoms. The Morgan fingerprint density at radius 3 is 2.38 bits per heavy atom. The lowest BCUT2D eigenvalue weighted by Gasteiger charge is -2.15. The zero-order chi connectivity index (χ0) is 20.8. The third-order valence-corrected chi connectivity index (χ3v) is 5.67. The molecule has 150 valence electrons. The normalized spacial score (nSPS) is 10.6. The first-order valence-corrected chi connectivity index (χ1v) is 10.8. The van der Waals surface area contributed by atoms with Gasteiger partial charge in [-0.05, 0) is 48.5 Å². The van der Waals surface area contributed by atoms with Crippen LogP contribution in [-0.2, 0) is 16.1 Å². The van der Waals surface area contributed by atoms with Crippen LogP contribution in [0, 0.1) is 0 Å². The highest BCUT2D eigenvalue weighted by Crippen LogP contribution is 2.25. The third-order valence-electron chi connectivity index (χ3n) is 4.15. The first-order valence-electron chi connectivity index (χ1n) is 9.00. The van der Waals surface area contributed by atoms with Crippen LogP contribution >= 0.6 is 27.7 Å². The Morgan fingerprint density at radius 2 is 1.72 bits per heavy atom. The number of furan rings is 1. The summed E-state index contributed by atoms with van der Waals surface area (Å²) in [5.74, 6) is 1.76. The van der Waals surface area contributed by atoms with Gasteiger partial charge in [-0.1, -0.05) is 28.1 Å². The van der Waals surface area contributed by atoms with E-state index < -0.39 is 0 Å². The van der Waals surface area contributed by atoms with Crippen LogP contribution in [0.3, 0.4) is 0 Å². The fourth-order valence-electron chi connectivity index (χ4n) is 2.65. The minimum absolute atomic E-state index is 0.0162. The molecule has 1 aromatic heterocycles. The topological polar surface area (TPSA) is 62.6 Å². The van der Waals surface area contributed by atoms with Crippen molar-refractivity contribution in [2.75, 3.05) is 18.1 Å². The van der Waals surface area contributed by atoms with E-state index in [2.05, 4.69) is 21.2 Å². The van der Waals surface area contributed by atoms with Crippen LogP contribution in [0.4, 0.5) is 5.69 Å². The second-order valence-corrected chi connectivity index (χ2v) is 8.48. The van der Waals surface area contributed by atoms with E-state index in [0.717, 1.165) is 32.1 Å². The average molecular weight is 473 g/mol. The number of nitrogens with one attached hydrogen (secondary N) is 1. The summed E-state index contributed by atoms with van der Waals surface area (Å²) in [6.45, 7) is 1.88. The summed E-state index contributed by atoms with van der Waals surface area (Å²) in [7, 11) is 1.77. The van der Waals surface area contributed by atoms with E-state index in [9.17, 15) is 9.59 Å². The molecule has 0 fully saturated rings. The maximum Gasteiger partial charge on any atom is 0.233 e. The summed E-state index contributed by atoms with van der Waals surface area (Å²) in [5, 5.41) is 2.72. The summed E-state index contributed by atoms with van der Waals surface area (Å²) < 4.78 is 6.90. The number of hydrogen-bond donors (Lipinski definition) is 1. The van der Waals surface area contributed by atoms with Crippen LogP contribution in [-0.4, -0.2) is 29.5 Å². The molecule has 0 saturated heterocycles. The molecule has 1 heterocycles. The molecule has 3 rings (SSSR count). The first-order chi connectivity index (χ1) is 13.9. The van der Waals surface area contributed by atoms with Crippen LogP contribution in [0.1, 0.15) is 12.7 Å². The van der Waals surface area contributed by atoms with Crippen molar-refractivity contribution in [2.24, 2.45) is 0 Å². The summed E-state index contributed by atoms with van der Waals surface area (Å²) in [5.41, 5.74) is 1.73. The summed E-state index contributed by atoms with van der Waals surface area (Å²) in [4.78, 5) is 26.1. The molecule has 0 atom stereocenters. The van der Waals surface area contributed by atoms with Gasteiger partial charge in [-0.3, -0.25) is 9.59 Å². The van der Waals surface area contributed by atoms with Crippen molar-refractivity contribution in [1.82, 2.24) is 4.90 Å². The molecular formula is C22H21BrN2O3S. The molecular weight excluding hydrogens is 452 g/mol. The lowest BCUT2D eigenvalue weighted by molar-refractivity contribution is -0.127. The molecule has 29 heavy (non-hydrogen) atoms. The largest absolute Gasteiger partial charge is 0.459 e. The van der Waals surface area contributed by atoms with Gasteiger partial charge in [-0.25, -0.2) is 0 Å². The van der Waals surface area contributed by atoms with Crippen LogP contribution in [0.25, 0.3) is 11.3 Å². The Labute approximate surface area is 182 Å². The Bertz CT molecular complexity index is 984. The van der Waals surface area contributed by atoms with Crippen LogP contribution < -0.4 is 5.32 Å². The Kier molecular flexibility index (Phi) is 7.17. The second-order valence-electron chi connectivity index (χ2n) is 6.52. The zero-order valence-corrected chi connectivity index (χ0v) is 18.5. The highest BCUT2D eigenvalue weighted by molar-refractivity contribution is 9.10. The predicted molar refractivity (Wildman–Crippen MR) is 120 cm³/mol. The van der Waals surface area contributed by atoms with Gasteiger partial charge in [0.05, 0.1) is 12.3 Å². The van der Waals surface area contributed by atoms with E-state index in [1.807, 2.05) is 60.7 Å². The van der Waals surface area contributed by atoms with Crippen LogP contribution in [0.5, 0.6) is 0 Å². The van der Waals surface area contributed by atoms with E-state index in [4.69, 9.17) is 4.42 Å². The smallest absolute Gasteiger partial charge is 0.233 e. The van der Waals surface area contributed by atoms with Gasteiger partial charge in [-0.15, -0.1) is 11.8 Å². The number of anilines is 1. The molecule has 3 aromatic rings. The van der Waals surface area contributed by atoms with Gasteiger partial charge in [0.2, 0.25) is 11.8 Å². The molecule has 0 aliphatic heterocycles. The van der Waals surface area contributed by atoms with Crippen molar-refractivity contribution >= 4 is 45.2 Å². The zero-order valence-electron chi connectivity index (χ0n) is 16.1. The van der Waals surface area contributed by atoms with Gasteiger partial charge < -0.3 is 14.6 Å². The molecule has 0 radical (unpaired) electrons. The van der Waals surface area contributed by atoms with E-state index in [1.54, 1.807) is 11.9 Å². The second kappa shape index (κ2) is 9.80. The van der Waals surface area contributed by atoms with Gasteiger partial charge in [0.25, 0.3) is 0 Å². The molecule has 2 amide bonds. The number of carbonyl (C=O) groups excluding carboxylic acids is 2. The van der Waals surface area contributed by atoms with Gasteiger partial charge in [0, 0.05) is 34.6 Å². The fraction of sp³-hybridized carbons (Fsp3) is 0.182. The van der Waals surface area contributed by atoms with Crippen molar-refractivity contribution in [1.29, 1.82) is 0 Å². The number of thioether (sulfide) groups is 1. The molecule has 2 aromatic carbocycles. The van der Waals surface area contributed by atoms with Gasteiger partial charge in [-0.2, -0.15) is 0 Å². The fourth-order valence-corrected chi connectivity index (χ4v) is 3.75. The average Bonchev–Trinajstić information content (AvgIpc) is 3.15. The SMILES string of the molecule is CC(=O)Nc1ccc(SCC(=O)N(C)Cc2ccc(-c3ccc(Br)cc3)o2)cc1. The maximum atomic E-state index is 12.4. The number of nitrogens with zero attached hydrogens (tertiary/aromatic N) is 1. The highest BCUT2D eigenvalue weighted by atomic mass is 79.9. The van der Waals surface area contributed by atoms with Crippen molar-refractivity contribution in [3.05, 3.63) is 70.9 Å². The minimum atomic E-state index is -0.108. The molecule has 5 nitrogen and oxygen atoms in total. The molecule has 0 spiro atoms. The molecule has 1 N–H and O–H groups in total. The number of benzene rings is 2. The number of rotatable bonds is 7. The number of hydrogen-bond acceptors (Lipinski definition) is 4. The quantitative estimate of drug-likeness (QED) is 0.466. The summed E-state index contributed by atoms with van der Waals surface area (Å²) in [6, 6.07) is 19.1. The monoisotopic (exact) mass is 472 g/mol. The molecule has 0 aliphatic carbocycles. The lowest BCUT2D eigenvalue weighted by Crippen LogP contribution is -2.27. The number of amides is 2. The Hall–Kier alpha value is -2.51. The van der Waals surface area contributed by atoms with Crippen molar-refractivity contribution in [3.8, 4) is 11.3 Å². The first kappa shape index (κ1) is 21.2. The van der Waals surface area contributed by atoms with Gasteiger partial charge in [0.15, 0.2) is 0 Å². The molecule has 0 unspecified atom stereocenters. The molecule has 0 bridgehead atoms. The maximum absolute atomic E-state index is 12.4. The van der Waals surface area contributed by atoms with Crippen molar-refractivity contribution < 1.29 is 14.0 Å². The van der Waals surface area contributed by atoms with Crippen LogP contribution in [0.15, 0.2) is 74.4 Å². The molecule has 0 aliphatic rings. The Balaban J connectivity index is 1.51. The Morgan fingerprint density at radius 1 is 1.03 bits per heavy atom. The van der Waals surface area contributed by atoms with E-state index >= 15 is 0 Å².